The summed E-state index contributed by atoms with van der Waals surface area (Å²) in [6.07, 6.45) is 4.12. The lowest BCUT2D eigenvalue weighted by molar-refractivity contribution is 0.407. The topological polar surface area (TPSA) is 53.6 Å². The van der Waals surface area contributed by atoms with Crippen molar-refractivity contribution in [1.29, 1.82) is 0 Å². The molecule has 0 bridgehead atoms. The fourth-order valence-corrected chi connectivity index (χ4v) is 2.33. The molecular weight excluding hydrogens is 192 g/mol. The molecule has 1 heterocycles. The van der Waals surface area contributed by atoms with Gasteiger partial charge in [0.25, 0.3) is 0 Å². The van der Waals surface area contributed by atoms with E-state index in [1.165, 1.54) is 6.07 Å². The van der Waals surface area contributed by atoms with E-state index in [0.29, 0.717) is 11.0 Å². The maximum Gasteiger partial charge on any atom is 0.169 e. The summed E-state index contributed by atoms with van der Waals surface area (Å²) in [6.45, 7) is 0. The third-order valence-electron chi connectivity index (χ3n) is 3.07. The molecule has 1 aromatic carbocycles. The molecule has 3 nitrogen and oxygen atoms in total. The molecule has 3 heteroatoms. The van der Waals surface area contributed by atoms with E-state index in [-0.39, 0.29) is 11.5 Å². The Morgan fingerprint density at radius 3 is 2.73 bits per heavy atom. The first-order chi connectivity index (χ1) is 7.27. The first-order valence-corrected chi connectivity index (χ1v) is 5.22. The summed E-state index contributed by atoms with van der Waals surface area (Å²) in [5.74, 6) is 0.855. The van der Waals surface area contributed by atoms with E-state index < -0.39 is 0 Å². The van der Waals surface area contributed by atoms with Gasteiger partial charge < -0.3 is 14.6 Å². The van der Waals surface area contributed by atoms with Gasteiger partial charge in [-0.2, -0.15) is 0 Å². The Balaban J connectivity index is 2.39. The van der Waals surface area contributed by atoms with Gasteiger partial charge in [0, 0.05) is 12.0 Å². The van der Waals surface area contributed by atoms with Crippen molar-refractivity contribution < 1.29 is 14.6 Å². The second-order valence-electron chi connectivity index (χ2n) is 4.02. The zero-order valence-corrected chi connectivity index (χ0v) is 8.29. The molecular formula is C12H12O3. The van der Waals surface area contributed by atoms with Crippen LogP contribution in [0, 0.1) is 0 Å². The van der Waals surface area contributed by atoms with E-state index >= 15 is 0 Å². The fourth-order valence-electron chi connectivity index (χ4n) is 2.33. The summed E-state index contributed by atoms with van der Waals surface area (Å²) in [5.41, 5.74) is 1.75. The minimum absolute atomic E-state index is 0.0422. The molecule has 1 aromatic heterocycles. The summed E-state index contributed by atoms with van der Waals surface area (Å²) in [5, 5.41) is 19.9. The normalized spacial score (nSPS) is 15.5. The zero-order valence-electron chi connectivity index (χ0n) is 8.29. The molecule has 0 radical (unpaired) electrons. The molecule has 0 spiro atoms. The van der Waals surface area contributed by atoms with Crippen molar-refractivity contribution in [3.63, 3.8) is 0 Å². The third kappa shape index (κ3) is 1.12. The second-order valence-corrected chi connectivity index (χ2v) is 4.02. The highest BCUT2D eigenvalue weighted by Crippen LogP contribution is 2.41. The lowest BCUT2D eigenvalue weighted by Crippen LogP contribution is -1.98. The van der Waals surface area contributed by atoms with Crippen LogP contribution in [0.4, 0.5) is 0 Å². The van der Waals surface area contributed by atoms with Crippen molar-refractivity contribution in [1.82, 2.24) is 0 Å². The number of phenolic OH excluding ortho intramolecular Hbond substituents is 2. The van der Waals surface area contributed by atoms with Crippen LogP contribution in [0.2, 0.25) is 0 Å². The molecule has 2 aromatic rings. The Hall–Kier alpha value is -1.64. The van der Waals surface area contributed by atoms with E-state index in [0.717, 1.165) is 37.0 Å². The smallest absolute Gasteiger partial charge is 0.169 e. The Morgan fingerprint density at radius 1 is 1.07 bits per heavy atom. The number of phenols is 2. The van der Waals surface area contributed by atoms with Crippen LogP contribution in [-0.2, 0) is 12.8 Å². The molecule has 0 saturated heterocycles. The molecule has 0 unspecified atom stereocenters. The SMILES string of the molecule is Oc1ccc2oc3c(c2c1O)CCCC3. The van der Waals surface area contributed by atoms with Gasteiger partial charge in [0.15, 0.2) is 11.5 Å². The molecule has 0 amide bonds. The van der Waals surface area contributed by atoms with Crippen LogP contribution in [0.1, 0.15) is 24.2 Å². The van der Waals surface area contributed by atoms with Crippen molar-refractivity contribution in [3.05, 3.63) is 23.5 Å². The van der Waals surface area contributed by atoms with E-state index in [1.54, 1.807) is 6.07 Å². The number of furan rings is 1. The van der Waals surface area contributed by atoms with Gasteiger partial charge in [-0.3, -0.25) is 0 Å². The van der Waals surface area contributed by atoms with Gasteiger partial charge in [0.05, 0.1) is 5.39 Å². The van der Waals surface area contributed by atoms with E-state index in [1.807, 2.05) is 0 Å². The largest absolute Gasteiger partial charge is 0.504 e. The van der Waals surface area contributed by atoms with Gasteiger partial charge in [0.1, 0.15) is 11.3 Å². The van der Waals surface area contributed by atoms with Gasteiger partial charge in [-0.15, -0.1) is 0 Å². The fraction of sp³-hybridized carbons (Fsp3) is 0.333. The number of aryl methyl sites for hydroxylation is 2. The summed E-state index contributed by atoms with van der Waals surface area (Å²) in [4.78, 5) is 0. The standard InChI is InChI=1S/C12H12O3/c13-8-5-6-10-11(12(8)14)7-3-1-2-4-9(7)15-10/h5-6,13-14H,1-4H2. The highest BCUT2D eigenvalue weighted by molar-refractivity contribution is 5.90. The van der Waals surface area contributed by atoms with Crippen LogP contribution >= 0.6 is 0 Å². The third-order valence-corrected chi connectivity index (χ3v) is 3.07. The Labute approximate surface area is 86.9 Å². The summed E-state index contributed by atoms with van der Waals surface area (Å²) >= 11 is 0. The average Bonchev–Trinajstić information content (AvgIpc) is 2.62. The number of hydrogen-bond donors (Lipinski definition) is 2. The first kappa shape index (κ1) is 8.65. The number of fused-ring (bicyclic) bond motifs is 3. The van der Waals surface area contributed by atoms with Crippen LogP contribution in [0.25, 0.3) is 11.0 Å². The maximum absolute atomic E-state index is 9.79. The van der Waals surface area contributed by atoms with Crippen molar-refractivity contribution in [2.75, 3.05) is 0 Å². The number of rotatable bonds is 0. The molecule has 1 aliphatic carbocycles. The van der Waals surface area contributed by atoms with Gasteiger partial charge in [0.2, 0.25) is 0 Å². The minimum Gasteiger partial charge on any atom is -0.504 e. The minimum atomic E-state index is -0.0725. The Bertz CT molecular complexity index is 525. The molecule has 0 fully saturated rings. The summed E-state index contributed by atoms with van der Waals surface area (Å²) < 4.78 is 5.66. The molecule has 1 aliphatic rings. The van der Waals surface area contributed by atoms with Crippen molar-refractivity contribution in [2.45, 2.75) is 25.7 Å². The van der Waals surface area contributed by atoms with Crippen LogP contribution < -0.4 is 0 Å². The van der Waals surface area contributed by atoms with Crippen molar-refractivity contribution in [3.8, 4) is 11.5 Å². The number of aromatic hydroxyl groups is 2. The van der Waals surface area contributed by atoms with E-state index in [4.69, 9.17) is 4.42 Å². The van der Waals surface area contributed by atoms with Crippen LogP contribution in [-0.4, -0.2) is 10.2 Å². The first-order valence-electron chi connectivity index (χ1n) is 5.22. The highest BCUT2D eigenvalue weighted by atomic mass is 16.3. The molecule has 0 aliphatic heterocycles. The molecule has 0 saturated carbocycles. The van der Waals surface area contributed by atoms with Gasteiger partial charge >= 0.3 is 0 Å². The number of benzene rings is 1. The second kappa shape index (κ2) is 2.92. The number of hydrogen-bond acceptors (Lipinski definition) is 3. The summed E-state index contributed by atoms with van der Waals surface area (Å²) in [7, 11) is 0. The monoisotopic (exact) mass is 204 g/mol. The molecule has 0 atom stereocenters. The van der Waals surface area contributed by atoms with E-state index in [9.17, 15) is 10.2 Å². The molecule has 78 valence electrons. The maximum atomic E-state index is 9.79. The van der Waals surface area contributed by atoms with Crippen LogP contribution in [0.5, 0.6) is 11.5 Å². The van der Waals surface area contributed by atoms with E-state index in [2.05, 4.69) is 0 Å². The Morgan fingerprint density at radius 2 is 1.87 bits per heavy atom. The lowest BCUT2D eigenvalue weighted by atomic mass is 9.95. The predicted octanol–water partition coefficient (Wildman–Crippen LogP) is 2.72. The van der Waals surface area contributed by atoms with Crippen molar-refractivity contribution >= 4 is 11.0 Å². The van der Waals surface area contributed by atoms with Gasteiger partial charge in [-0.25, -0.2) is 0 Å². The summed E-state index contributed by atoms with van der Waals surface area (Å²) in [6, 6.07) is 3.18. The van der Waals surface area contributed by atoms with Gasteiger partial charge in [-0.1, -0.05) is 0 Å². The van der Waals surface area contributed by atoms with Crippen molar-refractivity contribution in [2.24, 2.45) is 0 Å². The predicted molar refractivity (Wildman–Crippen MR) is 56.2 cm³/mol. The van der Waals surface area contributed by atoms with Gasteiger partial charge in [-0.05, 0) is 31.4 Å². The molecule has 3 rings (SSSR count). The quantitative estimate of drug-likeness (QED) is 0.649. The lowest BCUT2D eigenvalue weighted by Gasteiger charge is -2.09. The molecule has 2 N–H and O–H groups in total. The Kier molecular flexibility index (Phi) is 1.69. The van der Waals surface area contributed by atoms with Crippen LogP contribution in [0.3, 0.4) is 0 Å². The highest BCUT2D eigenvalue weighted by Gasteiger charge is 2.21. The molecule has 15 heavy (non-hydrogen) atoms. The average molecular weight is 204 g/mol. The zero-order chi connectivity index (χ0) is 10.4. The van der Waals surface area contributed by atoms with Crippen LogP contribution in [0.15, 0.2) is 16.5 Å².